The van der Waals surface area contributed by atoms with Gasteiger partial charge in [0, 0.05) is 12.6 Å². The van der Waals surface area contributed by atoms with Crippen LogP contribution >= 0.6 is 0 Å². The lowest BCUT2D eigenvalue weighted by Gasteiger charge is -2.26. The zero-order valence-corrected chi connectivity index (χ0v) is 16.2. The first-order chi connectivity index (χ1) is 13.5. The van der Waals surface area contributed by atoms with Gasteiger partial charge in [0.05, 0.1) is 23.5 Å². The van der Waals surface area contributed by atoms with Crippen LogP contribution in [0.25, 0.3) is 11.0 Å². The van der Waals surface area contributed by atoms with Gasteiger partial charge in [-0.05, 0) is 56.5 Å². The molecule has 1 saturated heterocycles. The normalized spacial score (nSPS) is 17.0. The summed E-state index contributed by atoms with van der Waals surface area (Å²) >= 11 is 0. The molecule has 2 heterocycles. The van der Waals surface area contributed by atoms with E-state index in [4.69, 9.17) is 4.98 Å². The molecule has 0 spiro atoms. The predicted molar refractivity (Wildman–Crippen MR) is 107 cm³/mol. The van der Waals surface area contributed by atoms with Crippen LogP contribution in [0, 0.1) is 0 Å². The van der Waals surface area contributed by atoms with Crippen molar-refractivity contribution in [3.05, 3.63) is 53.9 Å². The molecular formula is C22H25N3O3. The van der Waals surface area contributed by atoms with E-state index in [-0.39, 0.29) is 35.9 Å². The minimum atomic E-state index is -0.204. The smallest absolute Gasteiger partial charge is 0.227 e. The largest absolute Gasteiger partial charge is 0.504 e. The lowest BCUT2D eigenvalue weighted by Crippen LogP contribution is -2.33. The Morgan fingerprint density at radius 1 is 1.18 bits per heavy atom. The number of para-hydroxylation sites is 2. The Balaban J connectivity index is 1.65. The number of fused-ring (bicyclic) bond motifs is 1. The maximum atomic E-state index is 13.0. The third-order valence-electron chi connectivity index (χ3n) is 5.41. The second kappa shape index (κ2) is 7.19. The molecular weight excluding hydrogens is 354 g/mol. The van der Waals surface area contributed by atoms with Crippen LogP contribution in [0.1, 0.15) is 50.2 Å². The van der Waals surface area contributed by atoms with Gasteiger partial charge in [-0.1, -0.05) is 18.2 Å². The van der Waals surface area contributed by atoms with Gasteiger partial charge in [-0.2, -0.15) is 0 Å². The molecule has 1 atom stereocenters. The topological polar surface area (TPSA) is 78.6 Å². The maximum absolute atomic E-state index is 13.0. The zero-order valence-electron chi connectivity index (χ0n) is 16.2. The number of aromatic nitrogens is 2. The summed E-state index contributed by atoms with van der Waals surface area (Å²) in [7, 11) is 0. The number of rotatable bonds is 4. The first kappa shape index (κ1) is 18.3. The third kappa shape index (κ3) is 3.19. The number of carbonyl (C=O) groups is 1. The minimum absolute atomic E-state index is 0.00921. The van der Waals surface area contributed by atoms with E-state index in [1.807, 2.05) is 23.1 Å². The molecule has 6 nitrogen and oxygen atoms in total. The molecule has 0 aliphatic carbocycles. The standard InChI is InChI=1S/C22H25N3O3/c1-14(2)25-17-7-4-3-6-16(17)23-22(25)18-8-5-11-24(18)21(28)13-15-9-10-19(26)20(27)12-15/h3-4,6-7,9-10,12,14,18,26-27H,5,8,11,13H2,1-2H3. The van der Waals surface area contributed by atoms with Crippen molar-refractivity contribution in [2.24, 2.45) is 0 Å². The third-order valence-corrected chi connectivity index (χ3v) is 5.41. The Labute approximate surface area is 164 Å². The Bertz CT molecular complexity index is 1030. The lowest BCUT2D eigenvalue weighted by atomic mass is 10.1. The molecule has 0 bridgehead atoms. The Morgan fingerprint density at radius 3 is 2.71 bits per heavy atom. The van der Waals surface area contributed by atoms with Crippen molar-refractivity contribution in [1.29, 1.82) is 0 Å². The van der Waals surface area contributed by atoms with E-state index in [0.717, 1.165) is 29.7 Å². The van der Waals surface area contributed by atoms with Gasteiger partial charge in [0.25, 0.3) is 0 Å². The van der Waals surface area contributed by atoms with Crippen molar-refractivity contribution in [3.63, 3.8) is 0 Å². The Hall–Kier alpha value is -3.02. The zero-order chi connectivity index (χ0) is 19.8. The highest BCUT2D eigenvalue weighted by Gasteiger charge is 2.34. The van der Waals surface area contributed by atoms with Gasteiger partial charge in [0.1, 0.15) is 5.82 Å². The number of phenols is 2. The fraction of sp³-hybridized carbons (Fsp3) is 0.364. The number of imidazole rings is 1. The monoisotopic (exact) mass is 379 g/mol. The van der Waals surface area contributed by atoms with Gasteiger partial charge >= 0.3 is 0 Å². The van der Waals surface area contributed by atoms with Crippen molar-refractivity contribution >= 4 is 16.9 Å². The van der Waals surface area contributed by atoms with Crippen molar-refractivity contribution in [2.45, 2.75) is 45.2 Å². The predicted octanol–water partition coefficient (Wildman–Crippen LogP) is 3.93. The first-order valence-electron chi connectivity index (χ1n) is 9.73. The molecule has 28 heavy (non-hydrogen) atoms. The van der Waals surface area contributed by atoms with Gasteiger partial charge < -0.3 is 19.7 Å². The minimum Gasteiger partial charge on any atom is -0.504 e. The van der Waals surface area contributed by atoms with E-state index < -0.39 is 0 Å². The molecule has 3 aromatic rings. The number of amides is 1. The molecule has 1 aromatic heterocycles. The van der Waals surface area contributed by atoms with Crippen LogP contribution in [0.15, 0.2) is 42.5 Å². The maximum Gasteiger partial charge on any atom is 0.227 e. The SMILES string of the molecule is CC(C)n1c(C2CCCN2C(=O)Cc2ccc(O)c(O)c2)nc2ccccc21. The molecule has 6 heteroatoms. The molecule has 0 saturated carbocycles. The van der Waals surface area contributed by atoms with E-state index in [1.165, 1.54) is 12.1 Å². The highest BCUT2D eigenvalue weighted by Crippen LogP contribution is 2.35. The van der Waals surface area contributed by atoms with E-state index in [2.05, 4.69) is 24.5 Å². The number of hydrogen-bond donors (Lipinski definition) is 2. The van der Waals surface area contributed by atoms with E-state index >= 15 is 0 Å². The molecule has 1 amide bonds. The van der Waals surface area contributed by atoms with Crippen molar-refractivity contribution in [2.75, 3.05) is 6.54 Å². The van der Waals surface area contributed by atoms with E-state index in [0.29, 0.717) is 12.1 Å². The summed E-state index contributed by atoms with van der Waals surface area (Å²) in [6.45, 7) is 4.98. The Kier molecular flexibility index (Phi) is 4.71. The molecule has 2 N–H and O–H groups in total. The van der Waals surface area contributed by atoms with Crippen LogP contribution in [0.5, 0.6) is 11.5 Å². The van der Waals surface area contributed by atoms with Crippen LogP contribution in [-0.2, 0) is 11.2 Å². The number of carbonyl (C=O) groups excluding carboxylic acids is 1. The van der Waals surface area contributed by atoms with Crippen LogP contribution < -0.4 is 0 Å². The molecule has 1 unspecified atom stereocenters. The molecule has 1 aliphatic heterocycles. The summed E-state index contributed by atoms with van der Waals surface area (Å²) in [6, 6.07) is 12.8. The summed E-state index contributed by atoms with van der Waals surface area (Å²) in [6.07, 6.45) is 2.02. The van der Waals surface area contributed by atoms with Gasteiger partial charge in [0.2, 0.25) is 5.91 Å². The average Bonchev–Trinajstić information content (AvgIpc) is 3.28. The van der Waals surface area contributed by atoms with Crippen LogP contribution in [0.2, 0.25) is 0 Å². The fourth-order valence-electron chi connectivity index (χ4n) is 4.13. The summed E-state index contributed by atoms with van der Waals surface area (Å²) in [4.78, 5) is 19.8. The molecule has 2 aromatic carbocycles. The summed E-state index contributed by atoms with van der Waals surface area (Å²) < 4.78 is 2.23. The van der Waals surface area contributed by atoms with Gasteiger partial charge in [-0.3, -0.25) is 4.79 Å². The average molecular weight is 379 g/mol. The molecule has 4 rings (SSSR count). The van der Waals surface area contributed by atoms with Crippen LogP contribution in [0.3, 0.4) is 0 Å². The highest BCUT2D eigenvalue weighted by molar-refractivity contribution is 5.80. The molecule has 0 radical (unpaired) electrons. The van der Waals surface area contributed by atoms with Crippen molar-refractivity contribution in [1.82, 2.24) is 14.5 Å². The molecule has 146 valence electrons. The summed E-state index contributed by atoms with van der Waals surface area (Å²) in [5.41, 5.74) is 2.73. The fourth-order valence-corrected chi connectivity index (χ4v) is 4.13. The molecule has 1 fully saturated rings. The Morgan fingerprint density at radius 2 is 1.96 bits per heavy atom. The van der Waals surface area contributed by atoms with Gasteiger partial charge in [0.15, 0.2) is 11.5 Å². The molecule has 1 aliphatic rings. The first-order valence-corrected chi connectivity index (χ1v) is 9.73. The second-order valence-corrected chi connectivity index (χ2v) is 7.67. The van der Waals surface area contributed by atoms with E-state index in [1.54, 1.807) is 6.07 Å². The number of aromatic hydroxyl groups is 2. The van der Waals surface area contributed by atoms with E-state index in [9.17, 15) is 15.0 Å². The van der Waals surface area contributed by atoms with Gasteiger partial charge in [-0.15, -0.1) is 0 Å². The number of hydrogen-bond acceptors (Lipinski definition) is 4. The number of nitrogens with zero attached hydrogens (tertiary/aromatic N) is 3. The van der Waals surface area contributed by atoms with Crippen LogP contribution in [-0.4, -0.2) is 37.1 Å². The van der Waals surface area contributed by atoms with Gasteiger partial charge in [-0.25, -0.2) is 4.98 Å². The van der Waals surface area contributed by atoms with Crippen molar-refractivity contribution < 1.29 is 15.0 Å². The number of likely N-dealkylation sites (tertiary alicyclic amines) is 1. The highest BCUT2D eigenvalue weighted by atomic mass is 16.3. The lowest BCUT2D eigenvalue weighted by molar-refractivity contribution is -0.131. The summed E-state index contributed by atoms with van der Waals surface area (Å²) in [5.74, 6) is 0.566. The van der Waals surface area contributed by atoms with Crippen molar-refractivity contribution in [3.8, 4) is 11.5 Å². The summed E-state index contributed by atoms with van der Waals surface area (Å²) in [5, 5.41) is 19.2. The van der Waals surface area contributed by atoms with Crippen LogP contribution in [0.4, 0.5) is 0 Å². The second-order valence-electron chi connectivity index (χ2n) is 7.67. The number of phenolic OH excluding ortho intramolecular Hbond substituents is 2. The quantitative estimate of drug-likeness (QED) is 0.673. The number of benzene rings is 2.